The first-order valence-electron chi connectivity index (χ1n) is 8.81. The third-order valence-corrected chi connectivity index (χ3v) is 4.18. The molecule has 0 aliphatic rings. The summed E-state index contributed by atoms with van der Waals surface area (Å²) < 4.78 is 5.18. The van der Waals surface area contributed by atoms with E-state index in [4.69, 9.17) is 4.74 Å². The van der Waals surface area contributed by atoms with Gasteiger partial charge in [0.1, 0.15) is 23.7 Å². The molecule has 2 N–H and O–H groups in total. The smallest absolute Gasteiger partial charge is 0.135 e. The summed E-state index contributed by atoms with van der Waals surface area (Å²) in [6, 6.07) is 18.4. The molecule has 5 nitrogen and oxygen atoms in total. The Morgan fingerprint density at radius 1 is 0.885 bits per heavy atom. The first-order chi connectivity index (χ1) is 12.8. The van der Waals surface area contributed by atoms with Crippen molar-refractivity contribution in [1.82, 2.24) is 9.97 Å². The molecule has 0 radical (unpaired) electrons. The third-order valence-electron chi connectivity index (χ3n) is 4.18. The number of rotatable bonds is 8. The number of hydrogen-bond acceptors (Lipinski definition) is 5. The molecule has 1 aromatic heterocycles. The Morgan fingerprint density at radius 2 is 1.58 bits per heavy atom. The van der Waals surface area contributed by atoms with E-state index in [0.29, 0.717) is 0 Å². The molecule has 2 aromatic carbocycles. The largest absolute Gasteiger partial charge is 0.497 e. The first-order valence-corrected chi connectivity index (χ1v) is 8.81. The van der Waals surface area contributed by atoms with Crippen molar-refractivity contribution in [3.8, 4) is 5.75 Å². The molecule has 0 aliphatic heterocycles. The maximum atomic E-state index is 5.18. The summed E-state index contributed by atoms with van der Waals surface area (Å²) in [5, 5.41) is 6.66. The molecule has 3 rings (SSSR count). The molecular weight excluding hydrogens is 324 g/mol. The van der Waals surface area contributed by atoms with Crippen molar-refractivity contribution < 1.29 is 4.74 Å². The molecule has 0 spiro atoms. The summed E-state index contributed by atoms with van der Waals surface area (Å²) >= 11 is 0. The van der Waals surface area contributed by atoms with E-state index in [0.717, 1.165) is 42.5 Å². The lowest BCUT2D eigenvalue weighted by Gasteiger charge is -2.09. The SMILES string of the molecule is CCc1ccc(Nc2cc(NCCc3ccc(OC)cc3)ncn2)cc1. The summed E-state index contributed by atoms with van der Waals surface area (Å²) in [5.74, 6) is 2.46. The number of ether oxygens (including phenoxy) is 1. The van der Waals surface area contributed by atoms with Gasteiger partial charge in [-0.1, -0.05) is 31.2 Å². The second kappa shape index (κ2) is 8.85. The number of nitrogens with one attached hydrogen (secondary N) is 2. The fourth-order valence-corrected chi connectivity index (χ4v) is 2.62. The van der Waals surface area contributed by atoms with Crippen LogP contribution in [0.1, 0.15) is 18.1 Å². The van der Waals surface area contributed by atoms with Gasteiger partial charge in [-0.25, -0.2) is 9.97 Å². The van der Waals surface area contributed by atoms with Crippen LogP contribution in [0.3, 0.4) is 0 Å². The molecule has 134 valence electrons. The maximum Gasteiger partial charge on any atom is 0.135 e. The van der Waals surface area contributed by atoms with Crippen LogP contribution in [0.5, 0.6) is 5.75 Å². The van der Waals surface area contributed by atoms with E-state index in [-0.39, 0.29) is 0 Å². The van der Waals surface area contributed by atoms with Crippen LogP contribution >= 0.6 is 0 Å². The molecule has 0 fully saturated rings. The van der Waals surface area contributed by atoms with E-state index >= 15 is 0 Å². The van der Waals surface area contributed by atoms with Crippen molar-refractivity contribution in [3.05, 3.63) is 72.1 Å². The van der Waals surface area contributed by atoms with Crippen LogP contribution < -0.4 is 15.4 Å². The molecule has 3 aromatic rings. The topological polar surface area (TPSA) is 59.1 Å². The Morgan fingerprint density at radius 3 is 2.27 bits per heavy atom. The van der Waals surface area contributed by atoms with E-state index in [1.165, 1.54) is 11.1 Å². The fraction of sp³-hybridized carbons (Fsp3) is 0.238. The van der Waals surface area contributed by atoms with Gasteiger partial charge in [0.2, 0.25) is 0 Å². The Bertz CT molecular complexity index is 816. The lowest BCUT2D eigenvalue weighted by Crippen LogP contribution is -2.07. The minimum absolute atomic E-state index is 0.774. The third kappa shape index (κ3) is 4.96. The van der Waals surface area contributed by atoms with Crippen LogP contribution in [0.2, 0.25) is 0 Å². The fourth-order valence-electron chi connectivity index (χ4n) is 2.62. The van der Waals surface area contributed by atoms with E-state index < -0.39 is 0 Å². The normalized spacial score (nSPS) is 10.4. The highest BCUT2D eigenvalue weighted by Gasteiger charge is 2.01. The standard InChI is InChI=1S/C21H24N4O/c1-3-16-4-8-18(9-5-16)25-21-14-20(23-15-24-21)22-13-12-17-6-10-19(26-2)11-7-17/h4-11,14-15H,3,12-13H2,1-2H3,(H2,22,23,24,25). The lowest BCUT2D eigenvalue weighted by molar-refractivity contribution is 0.414. The van der Waals surface area contributed by atoms with E-state index in [1.54, 1.807) is 13.4 Å². The zero-order valence-electron chi connectivity index (χ0n) is 15.2. The number of aromatic nitrogens is 2. The van der Waals surface area contributed by atoms with Gasteiger partial charge in [-0.3, -0.25) is 0 Å². The molecule has 0 unspecified atom stereocenters. The minimum Gasteiger partial charge on any atom is -0.497 e. The molecule has 0 bridgehead atoms. The zero-order valence-corrected chi connectivity index (χ0v) is 15.2. The van der Waals surface area contributed by atoms with Gasteiger partial charge in [-0.2, -0.15) is 0 Å². The Balaban J connectivity index is 1.54. The molecule has 26 heavy (non-hydrogen) atoms. The highest BCUT2D eigenvalue weighted by atomic mass is 16.5. The van der Waals surface area contributed by atoms with Gasteiger partial charge in [0.05, 0.1) is 7.11 Å². The van der Waals surface area contributed by atoms with Crippen molar-refractivity contribution >= 4 is 17.3 Å². The summed E-state index contributed by atoms with van der Waals surface area (Å²) in [6.45, 7) is 2.95. The summed E-state index contributed by atoms with van der Waals surface area (Å²) in [6.07, 6.45) is 3.52. The molecule has 0 saturated carbocycles. The molecule has 0 aliphatic carbocycles. The molecule has 5 heteroatoms. The number of nitrogens with zero attached hydrogens (tertiary/aromatic N) is 2. The van der Waals surface area contributed by atoms with Crippen LogP contribution in [0.4, 0.5) is 17.3 Å². The van der Waals surface area contributed by atoms with Gasteiger partial charge in [-0.15, -0.1) is 0 Å². The Kier molecular flexibility index (Phi) is 6.04. The Hall–Kier alpha value is -3.08. The van der Waals surface area contributed by atoms with Gasteiger partial charge < -0.3 is 15.4 Å². The summed E-state index contributed by atoms with van der Waals surface area (Å²) in [4.78, 5) is 8.57. The zero-order chi connectivity index (χ0) is 18.2. The average Bonchev–Trinajstić information content (AvgIpc) is 2.69. The number of hydrogen-bond donors (Lipinski definition) is 2. The van der Waals surface area contributed by atoms with Crippen molar-refractivity contribution in [1.29, 1.82) is 0 Å². The molecular formula is C21H24N4O. The molecule has 0 atom stereocenters. The lowest BCUT2D eigenvalue weighted by atomic mass is 10.1. The van der Waals surface area contributed by atoms with Crippen molar-refractivity contribution in [2.24, 2.45) is 0 Å². The van der Waals surface area contributed by atoms with Crippen molar-refractivity contribution in [3.63, 3.8) is 0 Å². The van der Waals surface area contributed by atoms with Crippen molar-refractivity contribution in [2.45, 2.75) is 19.8 Å². The molecule has 1 heterocycles. The maximum absolute atomic E-state index is 5.18. The van der Waals surface area contributed by atoms with Crippen LogP contribution in [-0.2, 0) is 12.8 Å². The van der Waals surface area contributed by atoms with Crippen LogP contribution in [0, 0.1) is 0 Å². The van der Waals surface area contributed by atoms with E-state index in [2.05, 4.69) is 63.9 Å². The van der Waals surface area contributed by atoms with Gasteiger partial charge in [0.25, 0.3) is 0 Å². The molecule has 0 amide bonds. The number of anilines is 3. The van der Waals surface area contributed by atoms with Gasteiger partial charge in [-0.05, 0) is 48.2 Å². The second-order valence-corrected chi connectivity index (χ2v) is 5.99. The highest BCUT2D eigenvalue weighted by molar-refractivity contribution is 5.59. The van der Waals surface area contributed by atoms with Gasteiger partial charge >= 0.3 is 0 Å². The highest BCUT2D eigenvalue weighted by Crippen LogP contribution is 2.17. The van der Waals surface area contributed by atoms with Crippen LogP contribution in [0.15, 0.2) is 60.9 Å². The van der Waals surface area contributed by atoms with Crippen molar-refractivity contribution in [2.75, 3.05) is 24.3 Å². The van der Waals surface area contributed by atoms with E-state index in [9.17, 15) is 0 Å². The second-order valence-electron chi connectivity index (χ2n) is 5.99. The Labute approximate surface area is 154 Å². The van der Waals surface area contributed by atoms with Crippen LogP contribution in [-0.4, -0.2) is 23.6 Å². The predicted molar refractivity (Wildman–Crippen MR) is 106 cm³/mol. The van der Waals surface area contributed by atoms with Gasteiger partial charge in [0.15, 0.2) is 0 Å². The first kappa shape index (κ1) is 17.7. The molecule has 0 saturated heterocycles. The van der Waals surface area contributed by atoms with Gasteiger partial charge in [0, 0.05) is 18.3 Å². The number of benzene rings is 2. The quantitative estimate of drug-likeness (QED) is 0.630. The summed E-state index contributed by atoms with van der Waals surface area (Å²) in [7, 11) is 1.68. The van der Waals surface area contributed by atoms with Crippen LogP contribution in [0.25, 0.3) is 0 Å². The number of methoxy groups -OCH3 is 1. The predicted octanol–water partition coefficient (Wildman–Crippen LogP) is 4.45. The average molecular weight is 348 g/mol. The summed E-state index contributed by atoms with van der Waals surface area (Å²) in [5.41, 5.74) is 3.59. The van der Waals surface area contributed by atoms with E-state index in [1.807, 2.05) is 18.2 Å². The monoisotopic (exact) mass is 348 g/mol. The minimum atomic E-state index is 0.774. The number of aryl methyl sites for hydroxylation is 1.